The Balaban J connectivity index is 1.79. The summed E-state index contributed by atoms with van der Waals surface area (Å²) < 4.78 is 11.1. The fourth-order valence-corrected chi connectivity index (χ4v) is 2.63. The number of nitrogens with one attached hydrogen (secondary N) is 1. The Morgan fingerprint density at radius 3 is 2.31 bits per heavy atom. The fourth-order valence-electron chi connectivity index (χ4n) is 2.63. The van der Waals surface area contributed by atoms with E-state index >= 15 is 0 Å². The summed E-state index contributed by atoms with van der Waals surface area (Å²) in [6.07, 6.45) is 0.671. The second kappa shape index (κ2) is 11.8. The number of ether oxygens (including phenoxy) is 2. The number of carboxylic acids is 1. The molecule has 0 unspecified atom stereocenters. The van der Waals surface area contributed by atoms with Gasteiger partial charge in [-0.15, -0.1) is 0 Å². The van der Waals surface area contributed by atoms with Crippen LogP contribution in [-0.4, -0.2) is 37.2 Å². The molecule has 0 aliphatic rings. The van der Waals surface area contributed by atoms with Crippen LogP contribution in [0.4, 0.5) is 5.69 Å². The lowest BCUT2D eigenvalue weighted by Gasteiger charge is -2.16. The van der Waals surface area contributed by atoms with Crippen LogP contribution >= 0.6 is 0 Å². The zero-order valence-electron chi connectivity index (χ0n) is 16.8. The van der Waals surface area contributed by atoms with E-state index in [2.05, 4.69) is 5.32 Å². The molecule has 0 saturated carbocycles. The van der Waals surface area contributed by atoms with Crippen LogP contribution in [0.3, 0.4) is 0 Å². The maximum atomic E-state index is 12.2. The first-order chi connectivity index (χ1) is 13.9. The van der Waals surface area contributed by atoms with E-state index in [1.54, 1.807) is 29.6 Å². The van der Waals surface area contributed by atoms with E-state index in [9.17, 15) is 14.7 Å². The van der Waals surface area contributed by atoms with Crippen LogP contribution in [-0.2, 0) is 14.3 Å². The Morgan fingerprint density at radius 2 is 1.69 bits per heavy atom. The third-order valence-corrected chi connectivity index (χ3v) is 4.08. The number of aliphatic carboxylic acids is 1. The van der Waals surface area contributed by atoms with Gasteiger partial charge in [-0.25, -0.2) is 0 Å². The van der Waals surface area contributed by atoms with Crippen molar-refractivity contribution in [2.45, 2.75) is 38.8 Å². The number of carboxylic acid groups (broad SMARTS) is 1. The van der Waals surface area contributed by atoms with Crippen LogP contribution in [0.1, 0.15) is 26.7 Å². The Morgan fingerprint density at radius 1 is 1.03 bits per heavy atom. The number of carbonyl (C=O) groups excluding carboxylic acids is 2. The summed E-state index contributed by atoms with van der Waals surface area (Å²) in [5, 5.41) is 15.6. The summed E-state index contributed by atoms with van der Waals surface area (Å²) in [6, 6.07) is 15.3. The number of para-hydroxylation sites is 1. The van der Waals surface area contributed by atoms with E-state index in [-0.39, 0.29) is 18.4 Å². The molecule has 2 aromatic rings. The molecule has 29 heavy (non-hydrogen) atoms. The molecule has 0 aromatic heterocycles. The van der Waals surface area contributed by atoms with Gasteiger partial charge in [-0.05, 0) is 50.2 Å². The molecule has 2 aromatic carbocycles. The number of amides is 1. The Labute approximate surface area is 171 Å². The predicted octanol–water partition coefficient (Wildman–Crippen LogP) is 1.30. The molecule has 0 aliphatic carbocycles. The van der Waals surface area contributed by atoms with Gasteiger partial charge in [0.15, 0.2) is 0 Å². The Hall–Kier alpha value is -2.90. The maximum Gasteiger partial charge on any atom is 0.230 e. The summed E-state index contributed by atoms with van der Waals surface area (Å²) >= 11 is 0. The molecule has 0 saturated heterocycles. The van der Waals surface area contributed by atoms with Gasteiger partial charge in [-0.1, -0.05) is 18.2 Å². The van der Waals surface area contributed by atoms with E-state index < -0.39 is 12.0 Å². The topological polar surface area (TPSA) is 104 Å². The Bertz CT molecular complexity index is 763. The maximum absolute atomic E-state index is 12.2. The van der Waals surface area contributed by atoms with E-state index in [1.165, 1.54) is 0 Å². The van der Waals surface area contributed by atoms with Crippen LogP contribution < -0.4 is 20.5 Å². The largest absolute Gasteiger partial charge is 0.544 e. The van der Waals surface area contributed by atoms with Crippen molar-refractivity contribution in [2.75, 3.05) is 18.5 Å². The summed E-state index contributed by atoms with van der Waals surface area (Å²) in [6.45, 7) is 4.98. The monoisotopic (exact) mass is 400 g/mol. The first-order valence-corrected chi connectivity index (χ1v) is 9.72. The van der Waals surface area contributed by atoms with Gasteiger partial charge < -0.3 is 30.0 Å². The minimum absolute atomic E-state index is 0.141. The van der Waals surface area contributed by atoms with E-state index in [1.807, 2.05) is 44.2 Å². The van der Waals surface area contributed by atoms with Crippen molar-refractivity contribution < 1.29 is 29.5 Å². The van der Waals surface area contributed by atoms with Crippen LogP contribution in [0, 0.1) is 0 Å². The first kappa shape index (κ1) is 22.4. The van der Waals surface area contributed by atoms with Gasteiger partial charge in [0.25, 0.3) is 0 Å². The molecule has 0 aliphatic heterocycles. The molecule has 7 heteroatoms. The molecule has 2 rings (SSSR count). The lowest BCUT2D eigenvalue weighted by atomic mass is 10.2. The third-order valence-electron chi connectivity index (χ3n) is 4.08. The van der Waals surface area contributed by atoms with E-state index in [0.29, 0.717) is 31.0 Å². The van der Waals surface area contributed by atoms with Crippen molar-refractivity contribution >= 4 is 17.6 Å². The smallest absolute Gasteiger partial charge is 0.230 e. The minimum Gasteiger partial charge on any atom is -0.544 e. The average Bonchev–Trinajstić information content (AvgIpc) is 2.69. The summed E-state index contributed by atoms with van der Waals surface area (Å²) in [7, 11) is 0. The van der Waals surface area contributed by atoms with Gasteiger partial charge >= 0.3 is 0 Å². The van der Waals surface area contributed by atoms with Crippen molar-refractivity contribution in [1.29, 1.82) is 0 Å². The second-order valence-electron chi connectivity index (χ2n) is 6.91. The summed E-state index contributed by atoms with van der Waals surface area (Å²) in [4.78, 5) is 23.5. The number of nitrogens with two attached hydrogens (primary N) is 1. The SMILES string of the molecule is CC(C)OCCC[NH2+][C@H](CC(=O)Nc1ccc(Oc2ccccc2)cc1)C(=O)[O-]. The lowest BCUT2D eigenvalue weighted by molar-refractivity contribution is -0.682. The van der Waals surface area contributed by atoms with Gasteiger partial charge in [-0.2, -0.15) is 0 Å². The molecule has 0 bridgehead atoms. The van der Waals surface area contributed by atoms with E-state index in [4.69, 9.17) is 9.47 Å². The molecular weight excluding hydrogens is 372 g/mol. The molecule has 0 fully saturated rings. The highest BCUT2D eigenvalue weighted by Crippen LogP contribution is 2.22. The molecule has 1 atom stereocenters. The number of hydrogen-bond donors (Lipinski definition) is 2. The standard InChI is InChI=1S/C22H28N2O5/c1-16(2)28-14-6-13-23-20(22(26)27)15-21(25)24-17-9-11-19(12-10-17)29-18-7-4-3-5-8-18/h3-5,7-12,16,20,23H,6,13-15H2,1-2H3,(H,24,25)(H,26,27)/t20-/m1/s1. The van der Waals surface area contributed by atoms with Crippen molar-refractivity contribution in [3.05, 3.63) is 54.6 Å². The van der Waals surface area contributed by atoms with Crippen molar-refractivity contribution in [3.63, 3.8) is 0 Å². The molecule has 0 spiro atoms. The highest BCUT2D eigenvalue weighted by atomic mass is 16.5. The van der Waals surface area contributed by atoms with Gasteiger partial charge in [0.1, 0.15) is 17.5 Å². The van der Waals surface area contributed by atoms with Crippen LogP contribution in [0.15, 0.2) is 54.6 Å². The molecule has 0 radical (unpaired) electrons. The zero-order chi connectivity index (χ0) is 21.1. The quantitative estimate of drug-likeness (QED) is 0.523. The fraction of sp³-hybridized carbons (Fsp3) is 0.364. The number of anilines is 1. The lowest BCUT2D eigenvalue weighted by Crippen LogP contribution is -2.93. The highest BCUT2D eigenvalue weighted by molar-refractivity contribution is 5.93. The average molecular weight is 400 g/mol. The van der Waals surface area contributed by atoms with Gasteiger partial charge in [0.2, 0.25) is 5.91 Å². The normalized spacial score (nSPS) is 11.8. The predicted molar refractivity (Wildman–Crippen MR) is 107 cm³/mol. The second-order valence-corrected chi connectivity index (χ2v) is 6.91. The molecular formula is C22H28N2O5. The van der Waals surface area contributed by atoms with E-state index in [0.717, 1.165) is 5.75 Å². The van der Waals surface area contributed by atoms with Crippen molar-refractivity contribution in [1.82, 2.24) is 0 Å². The third kappa shape index (κ3) is 8.76. The Kier molecular flexibility index (Phi) is 9.14. The molecule has 156 valence electrons. The molecule has 7 nitrogen and oxygen atoms in total. The number of carbonyl (C=O) groups is 2. The number of rotatable bonds is 12. The van der Waals surface area contributed by atoms with Gasteiger partial charge in [0.05, 0.1) is 31.6 Å². The van der Waals surface area contributed by atoms with Gasteiger partial charge in [-0.3, -0.25) is 4.79 Å². The van der Waals surface area contributed by atoms with Crippen molar-refractivity contribution in [3.8, 4) is 11.5 Å². The van der Waals surface area contributed by atoms with Crippen LogP contribution in [0.2, 0.25) is 0 Å². The minimum atomic E-state index is -1.25. The summed E-state index contributed by atoms with van der Waals surface area (Å²) in [5.74, 6) is -0.281. The number of hydrogen-bond acceptors (Lipinski definition) is 5. The number of benzene rings is 2. The molecule has 1 amide bonds. The molecule has 0 heterocycles. The highest BCUT2D eigenvalue weighted by Gasteiger charge is 2.18. The summed E-state index contributed by atoms with van der Waals surface area (Å²) in [5.41, 5.74) is 0.567. The van der Waals surface area contributed by atoms with Crippen LogP contribution in [0.25, 0.3) is 0 Å². The molecule has 3 N–H and O–H groups in total. The number of quaternary nitrogens is 1. The van der Waals surface area contributed by atoms with Gasteiger partial charge in [0, 0.05) is 12.1 Å². The first-order valence-electron chi connectivity index (χ1n) is 9.72. The van der Waals surface area contributed by atoms with Crippen LogP contribution in [0.5, 0.6) is 11.5 Å². The van der Waals surface area contributed by atoms with Crippen molar-refractivity contribution in [2.24, 2.45) is 0 Å². The zero-order valence-corrected chi connectivity index (χ0v) is 16.8.